The maximum Gasteiger partial charge on any atom is 0.337 e. The van der Waals surface area contributed by atoms with Crippen LogP contribution in [0.25, 0.3) is 0 Å². The van der Waals surface area contributed by atoms with Crippen LogP contribution in [0, 0.1) is 6.92 Å². The van der Waals surface area contributed by atoms with E-state index in [0.29, 0.717) is 18.7 Å². The van der Waals surface area contributed by atoms with Gasteiger partial charge in [-0.05, 0) is 19.1 Å². The third kappa shape index (κ3) is 2.97. The van der Waals surface area contributed by atoms with E-state index in [0.717, 1.165) is 11.3 Å². The molecule has 0 aromatic heterocycles. The molecule has 1 N–H and O–H groups in total. The van der Waals surface area contributed by atoms with Gasteiger partial charge in [-0.2, -0.15) is 0 Å². The van der Waals surface area contributed by atoms with Gasteiger partial charge >= 0.3 is 5.97 Å². The molecule has 0 saturated heterocycles. The minimum atomic E-state index is -0.900. The van der Waals surface area contributed by atoms with Gasteiger partial charge in [0.2, 0.25) is 0 Å². The fourth-order valence-corrected chi connectivity index (χ4v) is 1.50. The molecule has 0 aliphatic carbocycles. The highest BCUT2D eigenvalue weighted by atomic mass is 16.5. The summed E-state index contributed by atoms with van der Waals surface area (Å²) in [6, 6.07) is 5.42. The number of rotatable bonds is 5. The molecule has 0 aliphatic heterocycles. The zero-order valence-corrected chi connectivity index (χ0v) is 9.86. The number of aromatic carboxylic acids is 1. The minimum Gasteiger partial charge on any atom is -0.478 e. The lowest BCUT2D eigenvalue weighted by Crippen LogP contribution is -2.24. The second-order valence-corrected chi connectivity index (χ2v) is 3.74. The Morgan fingerprint density at radius 1 is 1.50 bits per heavy atom. The second kappa shape index (κ2) is 5.51. The van der Waals surface area contributed by atoms with E-state index >= 15 is 0 Å². The van der Waals surface area contributed by atoms with Crippen molar-refractivity contribution in [3.8, 4) is 0 Å². The van der Waals surface area contributed by atoms with Gasteiger partial charge in [-0.3, -0.25) is 0 Å². The molecule has 0 aliphatic rings. The van der Waals surface area contributed by atoms with Crippen LogP contribution in [-0.4, -0.2) is 38.4 Å². The van der Waals surface area contributed by atoms with E-state index in [4.69, 9.17) is 9.84 Å². The van der Waals surface area contributed by atoms with Crippen LogP contribution in [0.15, 0.2) is 18.2 Å². The van der Waals surface area contributed by atoms with Crippen LogP contribution in [-0.2, 0) is 4.74 Å². The Morgan fingerprint density at radius 2 is 2.19 bits per heavy atom. The molecule has 4 heteroatoms. The van der Waals surface area contributed by atoms with Gasteiger partial charge in [0, 0.05) is 20.7 Å². The van der Waals surface area contributed by atoms with Crippen molar-refractivity contribution in [2.45, 2.75) is 6.92 Å². The molecular formula is C12H17NO3. The van der Waals surface area contributed by atoms with Crippen LogP contribution in [0.2, 0.25) is 0 Å². The summed E-state index contributed by atoms with van der Waals surface area (Å²) in [6.45, 7) is 3.12. The molecule has 0 fully saturated rings. The van der Waals surface area contributed by atoms with Gasteiger partial charge in [0.25, 0.3) is 0 Å². The van der Waals surface area contributed by atoms with Gasteiger partial charge in [0.15, 0.2) is 0 Å². The van der Waals surface area contributed by atoms with Gasteiger partial charge in [-0.15, -0.1) is 0 Å². The largest absolute Gasteiger partial charge is 0.478 e. The number of aryl methyl sites for hydroxylation is 1. The Hall–Kier alpha value is -1.55. The first kappa shape index (κ1) is 12.5. The number of carbonyl (C=O) groups is 1. The number of nitrogens with zero attached hydrogens (tertiary/aromatic N) is 1. The van der Waals surface area contributed by atoms with E-state index in [-0.39, 0.29) is 0 Å². The molecule has 16 heavy (non-hydrogen) atoms. The predicted octanol–water partition coefficient (Wildman–Crippen LogP) is 1.78. The molecule has 0 saturated carbocycles. The Labute approximate surface area is 95.5 Å². The Morgan fingerprint density at radius 3 is 2.75 bits per heavy atom. The quantitative estimate of drug-likeness (QED) is 0.826. The summed E-state index contributed by atoms with van der Waals surface area (Å²) >= 11 is 0. The lowest BCUT2D eigenvalue weighted by atomic mass is 10.1. The summed E-state index contributed by atoms with van der Waals surface area (Å²) < 4.78 is 4.97. The predicted molar refractivity (Wildman–Crippen MR) is 63.3 cm³/mol. The summed E-state index contributed by atoms with van der Waals surface area (Å²) in [5.41, 5.74) is 2.00. The molecule has 0 bridgehead atoms. The van der Waals surface area contributed by atoms with Gasteiger partial charge in [-0.1, -0.05) is 11.6 Å². The number of benzene rings is 1. The van der Waals surface area contributed by atoms with Gasteiger partial charge in [0.1, 0.15) is 0 Å². The number of methoxy groups -OCH3 is 1. The maximum atomic E-state index is 11.1. The molecule has 1 aromatic rings. The molecular weight excluding hydrogens is 206 g/mol. The fourth-order valence-electron chi connectivity index (χ4n) is 1.50. The molecule has 0 atom stereocenters. The highest BCUT2D eigenvalue weighted by Gasteiger charge is 2.13. The first-order valence-electron chi connectivity index (χ1n) is 5.10. The number of carboxylic acid groups (broad SMARTS) is 1. The van der Waals surface area contributed by atoms with Crippen LogP contribution >= 0.6 is 0 Å². The second-order valence-electron chi connectivity index (χ2n) is 3.74. The Bertz CT molecular complexity index is 377. The van der Waals surface area contributed by atoms with E-state index in [1.807, 2.05) is 31.0 Å². The van der Waals surface area contributed by atoms with Crippen LogP contribution in [0.5, 0.6) is 0 Å². The van der Waals surface area contributed by atoms with Crippen molar-refractivity contribution < 1.29 is 14.6 Å². The third-order valence-electron chi connectivity index (χ3n) is 2.42. The average Bonchev–Trinajstić information content (AvgIpc) is 2.25. The van der Waals surface area contributed by atoms with Gasteiger partial charge in [-0.25, -0.2) is 4.79 Å². The van der Waals surface area contributed by atoms with Crippen molar-refractivity contribution in [3.05, 3.63) is 29.3 Å². The SMILES string of the molecule is COCCN(C)c1ccc(C)cc1C(=O)O. The molecule has 88 valence electrons. The number of carboxylic acids is 1. The number of anilines is 1. The average molecular weight is 223 g/mol. The van der Waals surface area contributed by atoms with E-state index < -0.39 is 5.97 Å². The first-order valence-corrected chi connectivity index (χ1v) is 5.10. The highest BCUT2D eigenvalue weighted by molar-refractivity contribution is 5.94. The fraction of sp³-hybridized carbons (Fsp3) is 0.417. The molecule has 0 unspecified atom stereocenters. The van der Waals surface area contributed by atoms with E-state index in [2.05, 4.69) is 0 Å². The summed E-state index contributed by atoms with van der Waals surface area (Å²) in [6.07, 6.45) is 0. The van der Waals surface area contributed by atoms with Crippen LogP contribution in [0.3, 0.4) is 0 Å². The van der Waals surface area contributed by atoms with E-state index in [1.165, 1.54) is 0 Å². The third-order valence-corrected chi connectivity index (χ3v) is 2.42. The highest BCUT2D eigenvalue weighted by Crippen LogP contribution is 2.20. The van der Waals surface area contributed by atoms with Crippen molar-refractivity contribution in [2.75, 3.05) is 32.2 Å². The van der Waals surface area contributed by atoms with Gasteiger partial charge in [0.05, 0.1) is 17.9 Å². The Kier molecular flexibility index (Phi) is 4.31. The monoisotopic (exact) mass is 223 g/mol. The van der Waals surface area contributed by atoms with Crippen molar-refractivity contribution in [1.29, 1.82) is 0 Å². The summed E-state index contributed by atoms with van der Waals surface area (Å²) in [5, 5.41) is 9.11. The maximum absolute atomic E-state index is 11.1. The van der Waals surface area contributed by atoms with Crippen molar-refractivity contribution in [2.24, 2.45) is 0 Å². The molecule has 0 amide bonds. The van der Waals surface area contributed by atoms with Crippen molar-refractivity contribution in [1.82, 2.24) is 0 Å². The van der Waals surface area contributed by atoms with Crippen LogP contribution in [0.4, 0.5) is 5.69 Å². The normalized spacial score (nSPS) is 10.2. The van der Waals surface area contributed by atoms with Gasteiger partial charge < -0.3 is 14.7 Å². The zero-order chi connectivity index (χ0) is 12.1. The summed E-state index contributed by atoms with van der Waals surface area (Å²) in [7, 11) is 3.48. The molecule has 4 nitrogen and oxygen atoms in total. The molecule has 0 spiro atoms. The Balaban J connectivity index is 2.98. The van der Waals surface area contributed by atoms with Crippen molar-refractivity contribution >= 4 is 11.7 Å². The van der Waals surface area contributed by atoms with E-state index in [9.17, 15) is 4.79 Å². The molecule has 0 heterocycles. The van der Waals surface area contributed by atoms with Crippen molar-refractivity contribution in [3.63, 3.8) is 0 Å². The topological polar surface area (TPSA) is 49.8 Å². The molecule has 1 rings (SSSR count). The molecule has 1 aromatic carbocycles. The standard InChI is InChI=1S/C12H17NO3/c1-9-4-5-11(10(8-9)12(14)15)13(2)6-7-16-3/h4-5,8H,6-7H2,1-3H3,(H,14,15). The number of ether oxygens (including phenoxy) is 1. The lowest BCUT2D eigenvalue weighted by molar-refractivity contribution is 0.0697. The van der Waals surface area contributed by atoms with Crippen LogP contribution < -0.4 is 4.90 Å². The number of likely N-dealkylation sites (N-methyl/N-ethyl adjacent to an activating group) is 1. The first-order chi connectivity index (χ1) is 7.56. The lowest BCUT2D eigenvalue weighted by Gasteiger charge is -2.21. The smallest absolute Gasteiger partial charge is 0.337 e. The summed E-state index contributed by atoms with van der Waals surface area (Å²) in [5.74, 6) is -0.900. The molecule has 0 radical (unpaired) electrons. The van der Waals surface area contributed by atoms with Crippen LogP contribution in [0.1, 0.15) is 15.9 Å². The number of hydrogen-bond acceptors (Lipinski definition) is 3. The minimum absolute atomic E-state index is 0.332. The zero-order valence-electron chi connectivity index (χ0n) is 9.86. The summed E-state index contributed by atoms with van der Waals surface area (Å²) in [4.78, 5) is 13.0. The number of hydrogen-bond donors (Lipinski definition) is 1. The van der Waals surface area contributed by atoms with E-state index in [1.54, 1.807) is 13.2 Å².